The molecule has 0 aliphatic heterocycles. The molecule has 4 nitrogen and oxygen atoms in total. The molecule has 70 valence electrons. The van der Waals surface area contributed by atoms with Crippen molar-refractivity contribution in [3.8, 4) is 0 Å². The Morgan fingerprint density at radius 2 is 2.00 bits per heavy atom. The van der Waals surface area contributed by atoms with Crippen molar-refractivity contribution in [2.24, 2.45) is 5.92 Å². The number of carbonyl (C=O) groups excluding carboxylic acids is 1. The Balaban J connectivity index is 3.40. The highest BCUT2D eigenvalue weighted by molar-refractivity contribution is 5.83. The second-order valence-electron chi connectivity index (χ2n) is 3.13. The molecule has 0 atom stereocenters. The van der Waals surface area contributed by atoms with Crippen LogP contribution in [0.3, 0.4) is 0 Å². The van der Waals surface area contributed by atoms with E-state index in [1.165, 1.54) is 0 Å². The van der Waals surface area contributed by atoms with E-state index in [-0.39, 0.29) is 12.3 Å². The van der Waals surface area contributed by atoms with Crippen molar-refractivity contribution in [1.82, 2.24) is 5.32 Å². The largest absolute Gasteiger partial charge is 0.465 e. The maximum absolute atomic E-state index is 10.9. The lowest BCUT2D eigenvalue weighted by Gasteiger charge is -2.03. The zero-order valence-corrected chi connectivity index (χ0v) is 7.46. The second kappa shape index (κ2) is 5.57. The van der Waals surface area contributed by atoms with Crippen molar-refractivity contribution in [2.45, 2.75) is 26.7 Å². The van der Waals surface area contributed by atoms with Gasteiger partial charge in [-0.1, -0.05) is 13.8 Å². The second-order valence-corrected chi connectivity index (χ2v) is 3.13. The predicted molar refractivity (Wildman–Crippen MR) is 45.1 cm³/mol. The van der Waals surface area contributed by atoms with E-state index in [2.05, 4.69) is 0 Å². The maximum Gasteiger partial charge on any atom is 0.405 e. The van der Waals surface area contributed by atoms with Crippen LogP contribution in [0.15, 0.2) is 0 Å². The molecule has 0 aliphatic rings. The molecule has 0 unspecified atom stereocenters. The summed E-state index contributed by atoms with van der Waals surface area (Å²) >= 11 is 0. The van der Waals surface area contributed by atoms with Crippen LogP contribution in [0.2, 0.25) is 0 Å². The van der Waals surface area contributed by atoms with E-state index in [1.807, 2.05) is 19.2 Å². The summed E-state index contributed by atoms with van der Waals surface area (Å²) in [6, 6.07) is 0. The molecule has 0 heterocycles. The molecule has 0 radical (unpaired) electrons. The molecule has 1 amide bonds. The molecule has 0 aromatic carbocycles. The van der Waals surface area contributed by atoms with Crippen molar-refractivity contribution in [2.75, 3.05) is 6.54 Å². The van der Waals surface area contributed by atoms with E-state index in [9.17, 15) is 9.59 Å². The first-order valence-corrected chi connectivity index (χ1v) is 4.01. The van der Waals surface area contributed by atoms with Crippen molar-refractivity contribution in [3.63, 3.8) is 0 Å². The minimum absolute atomic E-state index is 0.0499. The molecule has 0 fully saturated rings. The number of amides is 1. The van der Waals surface area contributed by atoms with Crippen LogP contribution in [0.1, 0.15) is 26.7 Å². The summed E-state index contributed by atoms with van der Waals surface area (Å²) in [6.07, 6.45) is 0.130. The van der Waals surface area contributed by atoms with Crippen LogP contribution in [0.25, 0.3) is 0 Å². The van der Waals surface area contributed by atoms with Crippen LogP contribution >= 0.6 is 0 Å². The Hall–Kier alpha value is -1.06. The van der Waals surface area contributed by atoms with Gasteiger partial charge in [0.15, 0.2) is 5.78 Å². The van der Waals surface area contributed by atoms with E-state index in [1.54, 1.807) is 0 Å². The Bertz CT molecular complexity index is 166. The number of hydrogen-bond acceptors (Lipinski definition) is 2. The van der Waals surface area contributed by atoms with E-state index < -0.39 is 6.09 Å². The summed E-state index contributed by atoms with van der Waals surface area (Å²) in [4.78, 5) is 20.9. The summed E-state index contributed by atoms with van der Waals surface area (Å²) in [5, 5.41) is 10.2. The molecule has 0 rings (SSSR count). The highest BCUT2D eigenvalue weighted by Gasteiger charge is 2.04. The number of carboxylic acid groups (broad SMARTS) is 1. The molecular weight excluding hydrogens is 158 g/mol. The van der Waals surface area contributed by atoms with E-state index in [0.29, 0.717) is 12.3 Å². The number of ketones is 1. The molecular formula is C8H15NO3. The van der Waals surface area contributed by atoms with Gasteiger partial charge in [-0.2, -0.15) is 0 Å². The van der Waals surface area contributed by atoms with Crippen LogP contribution in [-0.4, -0.2) is 23.5 Å². The maximum atomic E-state index is 10.9. The minimum atomic E-state index is -1.15. The minimum Gasteiger partial charge on any atom is -0.465 e. The van der Waals surface area contributed by atoms with Crippen LogP contribution in [0, 0.1) is 5.92 Å². The van der Waals surface area contributed by atoms with Gasteiger partial charge >= 0.3 is 6.09 Å². The van der Waals surface area contributed by atoms with Crippen LogP contribution in [0.5, 0.6) is 0 Å². The van der Waals surface area contributed by atoms with Crippen molar-refractivity contribution < 1.29 is 14.7 Å². The Morgan fingerprint density at radius 3 is 2.42 bits per heavy atom. The summed E-state index contributed by atoms with van der Waals surface area (Å²) in [5.41, 5.74) is 0. The van der Waals surface area contributed by atoms with Crippen LogP contribution in [0.4, 0.5) is 4.79 Å². The van der Waals surface area contributed by atoms with Gasteiger partial charge in [0.1, 0.15) is 0 Å². The summed E-state index contributed by atoms with van der Waals surface area (Å²) in [6.45, 7) is 3.98. The van der Waals surface area contributed by atoms with Crippen LogP contribution in [-0.2, 0) is 4.79 Å². The summed E-state index contributed by atoms with van der Waals surface area (Å²) in [5.74, 6) is 0.435. The predicted octanol–water partition coefficient (Wildman–Crippen LogP) is 1.26. The molecule has 0 spiro atoms. The number of hydrogen-bond donors (Lipinski definition) is 2. The molecule has 0 aromatic heterocycles. The van der Waals surface area contributed by atoms with Gasteiger partial charge in [-0.15, -0.1) is 0 Å². The molecule has 12 heavy (non-hydrogen) atoms. The molecule has 0 saturated heterocycles. The first-order chi connectivity index (χ1) is 5.52. The van der Waals surface area contributed by atoms with Crippen molar-refractivity contribution in [1.29, 1.82) is 0 Å². The number of carbonyl (C=O) groups is 2. The molecule has 0 aromatic rings. The monoisotopic (exact) mass is 173 g/mol. The Labute approximate surface area is 72.0 Å². The molecule has 4 heteroatoms. The number of rotatable bonds is 5. The first kappa shape index (κ1) is 10.9. The highest BCUT2D eigenvalue weighted by atomic mass is 16.4. The van der Waals surface area contributed by atoms with Gasteiger partial charge in [-0.3, -0.25) is 4.79 Å². The van der Waals surface area contributed by atoms with Gasteiger partial charge in [-0.25, -0.2) is 4.79 Å². The van der Waals surface area contributed by atoms with E-state index >= 15 is 0 Å². The van der Waals surface area contributed by atoms with Gasteiger partial charge < -0.3 is 10.4 Å². The van der Waals surface area contributed by atoms with Gasteiger partial charge in [0.05, 0.1) is 6.54 Å². The van der Waals surface area contributed by atoms with E-state index in [0.717, 1.165) is 6.42 Å². The third-order valence-corrected chi connectivity index (χ3v) is 1.44. The van der Waals surface area contributed by atoms with Crippen molar-refractivity contribution in [3.05, 3.63) is 0 Å². The summed E-state index contributed by atoms with van der Waals surface area (Å²) < 4.78 is 0. The Morgan fingerprint density at radius 1 is 1.42 bits per heavy atom. The van der Waals surface area contributed by atoms with Crippen molar-refractivity contribution >= 4 is 11.9 Å². The van der Waals surface area contributed by atoms with Crippen LogP contribution < -0.4 is 5.32 Å². The van der Waals surface area contributed by atoms with Gasteiger partial charge in [0, 0.05) is 6.42 Å². The molecule has 0 bridgehead atoms. The standard InChI is InChI=1S/C8H15NO3/c1-6(2)3-4-7(10)5-9-8(11)12/h6,9H,3-5H2,1-2H3,(H,11,12). The molecule has 2 N–H and O–H groups in total. The third kappa shape index (κ3) is 7.05. The normalized spacial score (nSPS) is 9.92. The molecule has 0 aliphatic carbocycles. The lowest BCUT2D eigenvalue weighted by Crippen LogP contribution is -2.27. The first-order valence-electron chi connectivity index (χ1n) is 4.01. The average molecular weight is 173 g/mol. The van der Waals surface area contributed by atoms with Gasteiger partial charge in [0.2, 0.25) is 0 Å². The lowest BCUT2D eigenvalue weighted by atomic mass is 10.1. The van der Waals surface area contributed by atoms with E-state index in [4.69, 9.17) is 5.11 Å². The number of Topliss-reactive ketones (excluding diaryl/α,β-unsaturated/α-hetero) is 1. The average Bonchev–Trinajstić information content (AvgIpc) is 1.96. The fraction of sp³-hybridized carbons (Fsp3) is 0.750. The van der Waals surface area contributed by atoms with Gasteiger partial charge in [-0.05, 0) is 12.3 Å². The van der Waals surface area contributed by atoms with Gasteiger partial charge in [0.25, 0.3) is 0 Å². The third-order valence-electron chi connectivity index (χ3n) is 1.44. The fourth-order valence-corrected chi connectivity index (χ4v) is 0.712. The zero-order valence-electron chi connectivity index (χ0n) is 7.46. The fourth-order valence-electron chi connectivity index (χ4n) is 0.712. The SMILES string of the molecule is CC(C)CCC(=O)CNC(=O)O. The quantitative estimate of drug-likeness (QED) is 0.657. The number of nitrogens with one attached hydrogen (secondary N) is 1. The summed E-state index contributed by atoms with van der Waals surface area (Å²) in [7, 11) is 0. The Kier molecular flexibility index (Phi) is 5.08. The topological polar surface area (TPSA) is 66.4 Å². The smallest absolute Gasteiger partial charge is 0.405 e. The zero-order chi connectivity index (χ0) is 9.56. The highest BCUT2D eigenvalue weighted by Crippen LogP contribution is 2.02. The molecule has 0 saturated carbocycles. The lowest BCUT2D eigenvalue weighted by molar-refractivity contribution is -0.118.